The first-order chi connectivity index (χ1) is 16.1. The van der Waals surface area contributed by atoms with E-state index in [1.54, 1.807) is 18.2 Å². The van der Waals surface area contributed by atoms with Gasteiger partial charge in [-0.2, -0.15) is 16.8 Å². The molecule has 0 unspecified atom stereocenters. The molecule has 0 radical (unpaired) electrons. The summed E-state index contributed by atoms with van der Waals surface area (Å²) in [6, 6.07) is 13.3. The minimum Gasteiger partial charge on any atom is -0.451 e. The topological polar surface area (TPSA) is 118 Å². The van der Waals surface area contributed by atoms with Crippen molar-refractivity contribution in [3.05, 3.63) is 65.7 Å². The molecule has 2 rings (SSSR count). The lowest BCUT2D eigenvalue weighted by atomic mass is 10.00. The summed E-state index contributed by atoms with van der Waals surface area (Å²) in [4.78, 5) is 0. The standard InChI is InChI=1S/C25H36O7S2/c1-2-3-4-5-6-7-8-9-10-12-17-22-18-15-16-21-24(22)25(33(26,27)28,34(29,30)31)32-23-19-13-11-14-20-23/h11,13-16,18-21H,2-10,12,17H2,1H3,(H,26,27,28)(H,29,30,31). The Hall–Kier alpha value is -1.94. The third-order valence-corrected chi connectivity index (χ3v) is 9.05. The van der Waals surface area contributed by atoms with Crippen molar-refractivity contribution in [1.29, 1.82) is 0 Å². The molecule has 0 spiro atoms. The number of hydrogen-bond donors (Lipinski definition) is 2. The van der Waals surface area contributed by atoms with E-state index in [1.807, 2.05) is 0 Å². The molecule has 2 N–H and O–H groups in total. The summed E-state index contributed by atoms with van der Waals surface area (Å²) < 4.78 is 72.1. The molecular weight excluding hydrogens is 476 g/mol. The number of para-hydroxylation sites is 1. The van der Waals surface area contributed by atoms with Crippen LogP contribution < -0.4 is 4.74 Å². The summed E-state index contributed by atoms with van der Waals surface area (Å²) in [6.07, 6.45) is 11.6. The first-order valence-electron chi connectivity index (χ1n) is 11.9. The largest absolute Gasteiger partial charge is 0.451 e. The summed E-state index contributed by atoms with van der Waals surface area (Å²) in [5, 5.41) is 0. The third-order valence-electron chi connectivity index (χ3n) is 5.82. The van der Waals surface area contributed by atoms with Gasteiger partial charge in [0.25, 0.3) is 0 Å². The Morgan fingerprint density at radius 3 is 1.68 bits per heavy atom. The predicted octanol–water partition coefficient (Wildman–Crippen LogP) is 6.11. The van der Waals surface area contributed by atoms with E-state index in [0.717, 1.165) is 19.3 Å². The average Bonchev–Trinajstić information content (AvgIpc) is 2.78. The average molecular weight is 513 g/mol. The van der Waals surface area contributed by atoms with Gasteiger partial charge in [-0.15, -0.1) is 0 Å². The monoisotopic (exact) mass is 512 g/mol. The summed E-state index contributed by atoms with van der Waals surface area (Å²) in [5.74, 6) is -0.133. The van der Waals surface area contributed by atoms with Gasteiger partial charge >= 0.3 is 24.5 Å². The summed E-state index contributed by atoms with van der Waals surface area (Å²) in [7, 11) is -10.9. The van der Waals surface area contributed by atoms with Crippen LogP contribution in [0.1, 0.15) is 82.3 Å². The molecular formula is C25H36O7S2. The smallest absolute Gasteiger partial charge is 0.385 e. The van der Waals surface area contributed by atoms with Crippen LogP contribution in [0.4, 0.5) is 0 Å². The molecule has 0 atom stereocenters. The second-order valence-electron chi connectivity index (χ2n) is 8.51. The van der Waals surface area contributed by atoms with Crippen LogP contribution in [0.15, 0.2) is 54.6 Å². The fourth-order valence-corrected chi connectivity index (χ4v) is 6.48. The number of benzene rings is 2. The van der Waals surface area contributed by atoms with Gasteiger partial charge in [-0.3, -0.25) is 9.11 Å². The van der Waals surface area contributed by atoms with Gasteiger partial charge in [-0.05, 0) is 30.5 Å². The van der Waals surface area contributed by atoms with Gasteiger partial charge in [0, 0.05) is 5.56 Å². The van der Waals surface area contributed by atoms with Crippen LogP contribution >= 0.6 is 0 Å². The Labute approximate surface area is 204 Å². The highest BCUT2D eigenvalue weighted by molar-refractivity contribution is 8.04. The van der Waals surface area contributed by atoms with Crippen LogP contribution in [0.25, 0.3) is 0 Å². The van der Waals surface area contributed by atoms with Crippen molar-refractivity contribution < 1.29 is 30.7 Å². The maximum atomic E-state index is 12.5. The second-order valence-corrected chi connectivity index (χ2v) is 11.8. The highest BCUT2D eigenvalue weighted by atomic mass is 32.3. The lowest BCUT2D eigenvalue weighted by Gasteiger charge is -2.30. The second kappa shape index (κ2) is 13.2. The lowest BCUT2D eigenvalue weighted by molar-refractivity contribution is 0.202. The molecule has 9 heteroatoms. The first kappa shape index (κ1) is 28.3. The highest BCUT2D eigenvalue weighted by Crippen LogP contribution is 2.40. The molecule has 0 heterocycles. The van der Waals surface area contributed by atoms with Crippen molar-refractivity contribution in [3.63, 3.8) is 0 Å². The molecule has 0 aliphatic heterocycles. The van der Waals surface area contributed by atoms with Crippen molar-refractivity contribution in [2.24, 2.45) is 0 Å². The lowest BCUT2D eigenvalue weighted by Crippen LogP contribution is -2.48. The molecule has 0 fully saturated rings. The van der Waals surface area contributed by atoms with Gasteiger partial charge in [-0.25, -0.2) is 0 Å². The van der Waals surface area contributed by atoms with Gasteiger partial charge in [0.2, 0.25) is 0 Å². The number of rotatable bonds is 16. The molecule has 190 valence electrons. The SMILES string of the molecule is CCCCCCCCCCCCc1ccccc1C(Oc1ccccc1)(S(=O)(=O)O)S(=O)(=O)O. The van der Waals surface area contributed by atoms with Crippen LogP contribution in [0, 0.1) is 0 Å². The molecule has 0 aliphatic carbocycles. The molecule has 7 nitrogen and oxygen atoms in total. The maximum Gasteiger partial charge on any atom is 0.385 e. The highest BCUT2D eigenvalue weighted by Gasteiger charge is 2.60. The molecule has 0 saturated carbocycles. The van der Waals surface area contributed by atoms with E-state index in [-0.39, 0.29) is 11.3 Å². The van der Waals surface area contributed by atoms with Crippen molar-refractivity contribution in [2.75, 3.05) is 0 Å². The fraction of sp³-hybridized carbons (Fsp3) is 0.520. The van der Waals surface area contributed by atoms with E-state index in [2.05, 4.69) is 6.92 Å². The molecule has 0 aliphatic rings. The number of aryl methyl sites for hydroxylation is 1. The summed E-state index contributed by atoms with van der Waals surface area (Å²) >= 11 is 0. The molecule has 0 aromatic heterocycles. The van der Waals surface area contributed by atoms with Gasteiger partial charge < -0.3 is 4.74 Å². The van der Waals surface area contributed by atoms with E-state index >= 15 is 0 Å². The van der Waals surface area contributed by atoms with E-state index < -0.39 is 24.5 Å². The van der Waals surface area contributed by atoms with Gasteiger partial charge in [-0.1, -0.05) is 107 Å². The number of ether oxygens (including phenoxy) is 1. The third kappa shape index (κ3) is 7.53. The van der Waals surface area contributed by atoms with Crippen molar-refractivity contribution >= 4 is 20.2 Å². The van der Waals surface area contributed by atoms with E-state index in [1.165, 1.54) is 74.9 Å². The van der Waals surface area contributed by atoms with Crippen molar-refractivity contribution in [2.45, 2.75) is 81.8 Å². The quantitative estimate of drug-likeness (QED) is 0.206. The minimum absolute atomic E-state index is 0.133. The molecule has 2 aromatic rings. The van der Waals surface area contributed by atoms with Crippen LogP contribution in [-0.4, -0.2) is 25.9 Å². The Morgan fingerprint density at radius 1 is 0.676 bits per heavy atom. The Kier molecular flexibility index (Phi) is 11.0. The zero-order valence-electron chi connectivity index (χ0n) is 19.7. The Morgan fingerprint density at radius 2 is 1.15 bits per heavy atom. The minimum atomic E-state index is -5.47. The Bertz CT molecular complexity index is 1050. The molecule has 0 saturated heterocycles. The number of unbranched alkanes of at least 4 members (excludes halogenated alkanes) is 9. The zero-order valence-corrected chi connectivity index (χ0v) is 21.4. The maximum absolute atomic E-state index is 12.5. The van der Waals surface area contributed by atoms with E-state index in [9.17, 15) is 25.9 Å². The van der Waals surface area contributed by atoms with Crippen LogP contribution in [0.5, 0.6) is 5.75 Å². The molecule has 0 amide bonds. The zero-order chi connectivity index (χ0) is 25.1. The predicted molar refractivity (Wildman–Crippen MR) is 134 cm³/mol. The van der Waals surface area contributed by atoms with Crippen LogP contribution in [-0.2, 0) is 30.9 Å². The molecule has 34 heavy (non-hydrogen) atoms. The van der Waals surface area contributed by atoms with Gasteiger partial charge in [0.05, 0.1) is 0 Å². The van der Waals surface area contributed by atoms with E-state index in [4.69, 9.17) is 4.74 Å². The van der Waals surface area contributed by atoms with Crippen LogP contribution in [0.2, 0.25) is 0 Å². The summed E-state index contributed by atoms with van der Waals surface area (Å²) in [5.41, 5.74) is 0.0491. The van der Waals surface area contributed by atoms with Crippen molar-refractivity contribution in [1.82, 2.24) is 0 Å². The number of hydrogen-bond acceptors (Lipinski definition) is 5. The van der Waals surface area contributed by atoms with Gasteiger partial charge in [0.1, 0.15) is 5.75 Å². The Balaban J connectivity index is 2.18. The molecule has 2 aromatic carbocycles. The summed E-state index contributed by atoms with van der Waals surface area (Å²) in [6.45, 7) is 2.20. The fourth-order valence-electron chi connectivity index (χ4n) is 4.05. The van der Waals surface area contributed by atoms with E-state index in [0.29, 0.717) is 18.4 Å². The first-order valence-corrected chi connectivity index (χ1v) is 14.8. The van der Waals surface area contributed by atoms with Crippen molar-refractivity contribution in [3.8, 4) is 5.75 Å². The molecule has 0 bridgehead atoms. The van der Waals surface area contributed by atoms with Crippen LogP contribution in [0.3, 0.4) is 0 Å². The van der Waals surface area contributed by atoms with Gasteiger partial charge in [0.15, 0.2) is 0 Å². The normalized spacial score (nSPS) is 12.6.